The quantitative estimate of drug-likeness (QED) is 0.818. The van der Waals surface area contributed by atoms with E-state index in [0.29, 0.717) is 11.3 Å². The average molecular weight is 406 g/mol. The highest BCUT2D eigenvalue weighted by molar-refractivity contribution is 7.99. The highest BCUT2D eigenvalue weighted by Crippen LogP contribution is 2.18. The monoisotopic (exact) mass is 405 g/mol. The molecule has 0 bridgehead atoms. The second-order valence-electron chi connectivity index (χ2n) is 6.36. The molecule has 1 fully saturated rings. The first-order chi connectivity index (χ1) is 12.5. The highest BCUT2D eigenvalue weighted by atomic mass is 35.5. The van der Waals surface area contributed by atoms with Crippen molar-refractivity contribution in [2.24, 2.45) is 5.73 Å². The van der Waals surface area contributed by atoms with Crippen molar-refractivity contribution < 1.29 is 9.59 Å². The smallest absolute Gasteiger partial charge is 0.253 e. The number of hydrogen-bond acceptors (Lipinski definition) is 4. The van der Waals surface area contributed by atoms with Crippen molar-refractivity contribution in [3.05, 3.63) is 65.2 Å². The summed E-state index contributed by atoms with van der Waals surface area (Å²) in [6, 6.07) is 13.8. The van der Waals surface area contributed by atoms with E-state index in [2.05, 4.69) is 5.32 Å². The minimum atomic E-state index is -0.755. The Morgan fingerprint density at radius 3 is 2.44 bits per heavy atom. The lowest BCUT2D eigenvalue weighted by Gasteiger charge is -2.26. The summed E-state index contributed by atoms with van der Waals surface area (Å²) >= 11 is 1.86. The molecule has 0 aromatic heterocycles. The van der Waals surface area contributed by atoms with Gasteiger partial charge in [-0.1, -0.05) is 35.9 Å². The average Bonchev–Trinajstić information content (AvgIpc) is 2.68. The number of halogens is 1. The normalized spacial score (nSPS) is 14.8. The Hall–Kier alpha value is -2.02. The maximum Gasteiger partial charge on any atom is 0.253 e. The number of nitrogens with zero attached hydrogens (tertiary/aromatic N) is 1. The summed E-state index contributed by atoms with van der Waals surface area (Å²) in [5.41, 5.74) is 9.09. The second-order valence-corrected chi connectivity index (χ2v) is 7.59. The van der Waals surface area contributed by atoms with Crippen LogP contribution in [-0.2, 0) is 4.79 Å². The summed E-state index contributed by atoms with van der Waals surface area (Å²) in [5, 5.41) is 2.81. The van der Waals surface area contributed by atoms with Crippen molar-refractivity contribution in [1.29, 1.82) is 0 Å². The Labute approximate surface area is 170 Å². The van der Waals surface area contributed by atoms with Crippen LogP contribution in [0, 0.1) is 6.92 Å². The minimum absolute atomic E-state index is 0. The van der Waals surface area contributed by atoms with Gasteiger partial charge in [-0.15, -0.1) is 12.4 Å². The SMILES string of the molecule is Cc1ccc(C(N)C(=O)Nc2cccc(C(=O)N3CCSCC3)c2)cc1.Cl. The molecule has 0 spiro atoms. The topological polar surface area (TPSA) is 75.4 Å². The molecule has 1 heterocycles. The number of thioether (sulfide) groups is 1. The maximum absolute atomic E-state index is 12.6. The standard InChI is InChI=1S/C20H23N3O2S.ClH/c1-14-5-7-15(8-6-14)18(21)19(24)22-17-4-2-3-16(13-17)20(25)23-9-11-26-12-10-23;/h2-8,13,18H,9-12,21H2,1H3,(H,22,24);1H. The van der Waals surface area contributed by atoms with Gasteiger partial charge in [0.2, 0.25) is 5.91 Å². The van der Waals surface area contributed by atoms with Crippen molar-refractivity contribution in [3.8, 4) is 0 Å². The van der Waals surface area contributed by atoms with E-state index in [0.717, 1.165) is 35.7 Å². The summed E-state index contributed by atoms with van der Waals surface area (Å²) < 4.78 is 0. The third-order valence-electron chi connectivity index (χ3n) is 4.39. The van der Waals surface area contributed by atoms with E-state index in [1.807, 2.05) is 47.9 Å². The predicted molar refractivity (Wildman–Crippen MR) is 114 cm³/mol. The highest BCUT2D eigenvalue weighted by Gasteiger charge is 2.20. The van der Waals surface area contributed by atoms with E-state index >= 15 is 0 Å². The number of hydrogen-bond donors (Lipinski definition) is 2. The number of carbonyl (C=O) groups excluding carboxylic acids is 2. The van der Waals surface area contributed by atoms with Gasteiger partial charge in [-0.05, 0) is 30.7 Å². The number of aryl methyl sites for hydroxylation is 1. The third-order valence-corrected chi connectivity index (χ3v) is 5.34. The molecule has 3 rings (SSSR count). The zero-order chi connectivity index (χ0) is 18.5. The van der Waals surface area contributed by atoms with Gasteiger partial charge < -0.3 is 16.0 Å². The molecule has 7 heteroatoms. The molecule has 0 aliphatic carbocycles. The largest absolute Gasteiger partial charge is 0.337 e. The second kappa shape index (κ2) is 9.78. The molecule has 1 saturated heterocycles. The van der Waals surface area contributed by atoms with Crippen LogP contribution in [0.2, 0.25) is 0 Å². The van der Waals surface area contributed by atoms with Gasteiger partial charge in [-0.3, -0.25) is 9.59 Å². The van der Waals surface area contributed by atoms with Gasteiger partial charge in [0.15, 0.2) is 0 Å². The molecular formula is C20H24ClN3O2S. The minimum Gasteiger partial charge on any atom is -0.337 e. The maximum atomic E-state index is 12.6. The van der Waals surface area contributed by atoms with E-state index in [1.165, 1.54) is 0 Å². The zero-order valence-electron chi connectivity index (χ0n) is 15.2. The Morgan fingerprint density at radius 2 is 1.78 bits per heavy atom. The Morgan fingerprint density at radius 1 is 1.11 bits per heavy atom. The zero-order valence-corrected chi connectivity index (χ0v) is 16.8. The molecule has 1 aliphatic rings. The number of carbonyl (C=O) groups is 2. The molecule has 0 saturated carbocycles. The Kier molecular flexibility index (Phi) is 7.71. The fraction of sp³-hybridized carbons (Fsp3) is 0.300. The fourth-order valence-corrected chi connectivity index (χ4v) is 3.73. The van der Waals surface area contributed by atoms with Gasteiger partial charge in [0.25, 0.3) is 5.91 Å². The first kappa shape index (κ1) is 21.3. The van der Waals surface area contributed by atoms with Gasteiger partial charge in [0.1, 0.15) is 6.04 Å². The third kappa shape index (κ3) is 5.48. The van der Waals surface area contributed by atoms with Gasteiger partial charge in [-0.2, -0.15) is 11.8 Å². The van der Waals surface area contributed by atoms with Crippen molar-refractivity contribution in [3.63, 3.8) is 0 Å². The van der Waals surface area contributed by atoms with E-state index in [4.69, 9.17) is 5.73 Å². The summed E-state index contributed by atoms with van der Waals surface area (Å²) in [4.78, 5) is 26.9. The lowest BCUT2D eigenvalue weighted by molar-refractivity contribution is -0.117. The number of benzene rings is 2. The molecule has 2 amide bonds. The van der Waals surface area contributed by atoms with Crippen LogP contribution in [0.4, 0.5) is 5.69 Å². The van der Waals surface area contributed by atoms with Crippen LogP contribution in [0.25, 0.3) is 0 Å². The Balaban J connectivity index is 0.00000261. The molecule has 144 valence electrons. The van der Waals surface area contributed by atoms with Crippen LogP contribution in [0.1, 0.15) is 27.5 Å². The molecule has 1 aliphatic heterocycles. The number of rotatable bonds is 4. The van der Waals surface area contributed by atoms with Crippen molar-refractivity contribution in [2.75, 3.05) is 29.9 Å². The van der Waals surface area contributed by atoms with E-state index in [9.17, 15) is 9.59 Å². The molecule has 2 aromatic carbocycles. The van der Waals surface area contributed by atoms with Crippen LogP contribution in [0.5, 0.6) is 0 Å². The van der Waals surface area contributed by atoms with Crippen LogP contribution in [-0.4, -0.2) is 41.3 Å². The van der Waals surface area contributed by atoms with Crippen LogP contribution in [0.3, 0.4) is 0 Å². The molecule has 27 heavy (non-hydrogen) atoms. The molecule has 0 radical (unpaired) electrons. The predicted octanol–water partition coefficient (Wildman–Crippen LogP) is 3.24. The van der Waals surface area contributed by atoms with E-state index in [-0.39, 0.29) is 24.2 Å². The van der Waals surface area contributed by atoms with Gasteiger partial charge >= 0.3 is 0 Å². The summed E-state index contributed by atoms with van der Waals surface area (Å²) in [6.45, 7) is 3.51. The number of anilines is 1. The van der Waals surface area contributed by atoms with Crippen molar-refractivity contribution in [1.82, 2.24) is 4.90 Å². The van der Waals surface area contributed by atoms with E-state index < -0.39 is 6.04 Å². The van der Waals surface area contributed by atoms with Crippen LogP contribution < -0.4 is 11.1 Å². The summed E-state index contributed by atoms with van der Waals surface area (Å²) in [6.07, 6.45) is 0. The van der Waals surface area contributed by atoms with Crippen LogP contribution >= 0.6 is 24.2 Å². The molecule has 3 N–H and O–H groups in total. The molecule has 1 atom stereocenters. The Bertz CT molecular complexity index is 792. The number of nitrogens with two attached hydrogens (primary N) is 1. The molecule has 1 unspecified atom stereocenters. The van der Waals surface area contributed by atoms with Crippen molar-refractivity contribution in [2.45, 2.75) is 13.0 Å². The van der Waals surface area contributed by atoms with Gasteiger partial charge in [0.05, 0.1) is 0 Å². The summed E-state index contributed by atoms with van der Waals surface area (Å²) in [5.74, 6) is 1.64. The number of nitrogens with one attached hydrogen (secondary N) is 1. The first-order valence-corrected chi connectivity index (χ1v) is 9.80. The van der Waals surface area contributed by atoms with Crippen molar-refractivity contribution >= 4 is 41.7 Å². The van der Waals surface area contributed by atoms with Gasteiger partial charge in [0, 0.05) is 35.8 Å². The first-order valence-electron chi connectivity index (χ1n) is 8.65. The summed E-state index contributed by atoms with van der Waals surface area (Å²) in [7, 11) is 0. The van der Waals surface area contributed by atoms with Gasteiger partial charge in [-0.25, -0.2) is 0 Å². The number of amides is 2. The molecular weight excluding hydrogens is 382 g/mol. The van der Waals surface area contributed by atoms with E-state index in [1.54, 1.807) is 24.3 Å². The lowest BCUT2D eigenvalue weighted by atomic mass is 10.1. The molecule has 5 nitrogen and oxygen atoms in total. The van der Waals surface area contributed by atoms with Crippen LogP contribution in [0.15, 0.2) is 48.5 Å². The fourth-order valence-electron chi connectivity index (χ4n) is 2.82. The lowest BCUT2D eigenvalue weighted by Crippen LogP contribution is -2.37. The molecule has 2 aromatic rings.